The molecule has 1 aliphatic heterocycles. The Balaban J connectivity index is 2.08. The number of likely N-dealkylation sites (tertiary alicyclic amines) is 1. The van der Waals surface area contributed by atoms with Crippen molar-refractivity contribution in [2.24, 2.45) is 0 Å². The van der Waals surface area contributed by atoms with Gasteiger partial charge in [0.05, 0.1) is 6.07 Å². The molecule has 1 saturated heterocycles. The van der Waals surface area contributed by atoms with Crippen molar-refractivity contribution < 1.29 is 9.53 Å². The van der Waals surface area contributed by atoms with Crippen LogP contribution < -0.4 is 0 Å². The summed E-state index contributed by atoms with van der Waals surface area (Å²) >= 11 is 0. The van der Waals surface area contributed by atoms with Crippen LogP contribution in [0.2, 0.25) is 0 Å². The van der Waals surface area contributed by atoms with Crippen molar-refractivity contribution in [3.63, 3.8) is 0 Å². The van der Waals surface area contributed by atoms with E-state index in [9.17, 15) is 10.1 Å². The van der Waals surface area contributed by atoms with Gasteiger partial charge in [-0.3, -0.25) is 0 Å². The number of carbonyl (C=O) groups excluding carboxylic acids is 1. The summed E-state index contributed by atoms with van der Waals surface area (Å²) in [4.78, 5) is 13.9. The Morgan fingerprint density at radius 2 is 1.86 bits per heavy atom. The average molecular weight is 300 g/mol. The highest BCUT2D eigenvalue weighted by atomic mass is 16.6. The first-order valence-corrected chi connectivity index (χ1v) is 7.77. The van der Waals surface area contributed by atoms with Gasteiger partial charge in [-0.25, -0.2) is 4.79 Å². The molecule has 0 saturated carbocycles. The lowest BCUT2D eigenvalue weighted by Gasteiger charge is -2.41. The van der Waals surface area contributed by atoms with E-state index in [1.165, 1.54) is 5.56 Å². The van der Waals surface area contributed by atoms with Crippen LogP contribution in [0.15, 0.2) is 30.3 Å². The first-order valence-electron chi connectivity index (χ1n) is 7.77. The van der Waals surface area contributed by atoms with Crippen LogP contribution in [0, 0.1) is 11.3 Å². The highest BCUT2D eigenvalue weighted by molar-refractivity contribution is 5.68. The van der Waals surface area contributed by atoms with Crippen molar-refractivity contribution in [2.45, 2.75) is 51.0 Å². The second-order valence-corrected chi connectivity index (χ2v) is 6.95. The van der Waals surface area contributed by atoms with E-state index in [2.05, 4.69) is 18.2 Å². The van der Waals surface area contributed by atoms with E-state index in [0.717, 1.165) is 12.8 Å². The molecule has 4 nitrogen and oxygen atoms in total. The molecule has 0 atom stereocenters. The molecule has 0 radical (unpaired) electrons. The van der Waals surface area contributed by atoms with Crippen LogP contribution in [0.3, 0.4) is 0 Å². The Labute approximate surface area is 132 Å². The Morgan fingerprint density at radius 3 is 2.36 bits per heavy atom. The van der Waals surface area contributed by atoms with Crippen LogP contribution in [0.5, 0.6) is 0 Å². The fraction of sp³-hybridized carbons (Fsp3) is 0.556. The summed E-state index contributed by atoms with van der Waals surface area (Å²) in [6.45, 7) is 6.88. The number of hydrogen-bond acceptors (Lipinski definition) is 3. The molecule has 0 bridgehead atoms. The van der Waals surface area contributed by atoms with Crippen LogP contribution >= 0.6 is 0 Å². The summed E-state index contributed by atoms with van der Waals surface area (Å²) in [5, 5.41) is 9.22. The van der Waals surface area contributed by atoms with Crippen molar-refractivity contribution in [2.75, 3.05) is 13.1 Å². The molecular weight excluding hydrogens is 276 g/mol. The smallest absolute Gasteiger partial charge is 0.410 e. The minimum Gasteiger partial charge on any atom is -0.444 e. The zero-order chi connectivity index (χ0) is 16.2. The number of hydrogen-bond donors (Lipinski definition) is 0. The lowest BCUT2D eigenvalue weighted by Crippen LogP contribution is -2.46. The molecule has 1 amide bonds. The summed E-state index contributed by atoms with van der Waals surface area (Å²) in [5.74, 6) is 0. The molecule has 1 aromatic rings. The van der Waals surface area contributed by atoms with Gasteiger partial charge in [0.25, 0.3) is 0 Å². The van der Waals surface area contributed by atoms with Gasteiger partial charge in [0.15, 0.2) is 0 Å². The lowest BCUT2D eigenvalue weighted by molar-refractivity contribution is 0.0165. The number of amides is 1. The van der Waals surface area contributed by atoms with Gasteiger partial charge in [0.1, 0.15) is 5.60 Å². The van der Waals surface area contributed by atoms with Crippen LogP contribution in [0.4, 0.5) is 4.79 Å². The number of carbonyl (C=O) groups is 1. The van der Waals surface area contributed by atoms with E-state index in [0.29, 0.717) is 19.5 Å². The molecule has 1 aliphatic rings. The predicted molar refractivity (Wildman–Crippen MR) is 85.4 cm³/mol. The summed E-state index contributed by atoms with van der Waals surface area (Å²) in [6.07, 6.45) is 1.82. The first-order chi connectivity index (χ1) is 10.4. The van der Waals surface area contributed by atoms with Gasteiger partial charge in [-0.15, -0.1) is 0 Å². The van der Waals surface area contributed by atoms with Gasteiger partial charge in [0.2, 0.25) is 0 Å². The average Bonchev–Trinajstić information content (AvgIpc) is 2.47. The molecule has 1 heterocycles. The van der Waals surface area contributed by atoms with Gasteiger partial charge < -0.3 is 9.64 Å². The molecule has 118 valence electrons. The van der Waals surface area contributed by atoms with Crippen LogP contribution in [0.25, 0.3) is 0 Å². The molecule has 0 unspecified atom stereocenters. The Kier molecular flexibility index (Phi) is 4.75. The SMILES string of the molecule is CC(C)(C)OC(=O)N1CCC(CC#N)(c2ccccc2)CC1. The molecule has 1 aromatic carbocycles. The zero-order valence-corrected chi connectivity index (χ0v) is 13.6. The molecule has 2 rings (SSSR count). The highest BCUT2D eigenvalue weighted by Crippen LogP contribution is 2.38. The largest absolute Gasteiger partial charge is 0.444 e. The molecule has 4 heteroatoms. The number of piperidine rings is 1. The Morgan fingerprint density at radius 1 is 1.27 bits per heavy atom. The predicted octanol–water partition coefficient (Wildman–Crippen LogP) is 3.87. The van der Waals surface area contributed by atoms with Crippen LogP contribution in [-0.2, 0) is 10.2 Å². The highest BCUT2D eigenvalue weighted by Gasteiger charge is 2.38. The van der Waals surface area contributed by atoms with Gasteiger partial charge in [-0.05, 0) is 39.2 Å². The number of nitriles is 1. The van der Waals surface area contributed by atoms with Crippen LogP contribution in [0.1, 0.15) is 45.6 Å². The maximum Gasteiger partial charge on any atom is 0.410 e. The number of rotatable bonds is 2. The third kappa shape index (κ3) is 3.79. The van der Waals surface area contributed by atoms with E-state index < -0.39 is 5.60 Å². The van der Waals surface area contributed by atoms with Crippen LogP contribution in [-0.4, -0.2) is 29.7 Å². The third-order valence-corrected chi connectivity index (χ3v) is 4.18. The van der Waals surface area contributed by atoms with Gasteiger partial charge >= 0.3 is 6.09 Å². The third-order valence-electron chi connectivity index (χ3n) is 4.18. The fourth-order valence-electron chi connectivity index (χ4n) is 2.95. The van der Waals surface area contributed by atoms with Gasteiger partial charge in [0, 0.05) is 24.9 Å². The maximum absolute atomic E-state index is 12.2. The molecule has 0 spiro atoms. The van der Waals surface area contributed by atoms with Gasteiger partial charge in [-0.2, -0.15) is 5.26 Å². The summed E-state index contributed by atoms with van der Waals surface area (Å²) in [7, 11) is 0. The van der Waals surface area contributed by atoms with Crippen molar-refractivity contribution in [3.05, 3.63) is 35.9 Å². The number of ether oxygens (including phenoxy) is 1. The quantitative estimate of drug-likeness (QED) is 0.833. The number of benzene rings is 1. The lowest BCUT2D eigenvalue weighted by atomic mass is 9.71. The molecule has 0 aliphatic carbocycles. The molecule has 1 fully saturated rings. The molecule has 0 aromatic heterocycles. The summed E-state index contributed by atoms with van der Waals surface area (Å²) < 4.78 is 5.43. The standard InChI is InChI=1S/C18H24N2O2/c1-17(2,3)22-16(21)20-13-10-18(9-12-19,11-14-20)15-7-5-4-6-8-15/h4-8H,9-11,13-14H2,1-3H3. The minimum atomic E-state index is -0.475. The second-order valence-electron chi connectivity index (χ2n) is 6.95. The molecule has 22 heavy (non-hydrogen) atoms. The number of nitrogens with zero attached hydrogens (tertiary/aromatic N) is 2. The molecule has 0 N–H and O–H groups in total. The zero-order valence-electron chi connectivity index (χ0n) is 13.6. The monoisotopic (exact) mass is 300 g/mol. The van der Waals surface area contributed by atoms with Crippen molar-refractivity contribution in [3.8, 4) is 6.07 Å². The second kappa shape index (κ2) is 6.39. The maximum atomic E-state index is 12.2. The topological polar surface area (TPSA) is 53.3 Å². The fourth-order valence-corrected chi connectivity index (χ4v) is 2.95. The minimum absolute atomic E-state index is 0.144. The van der Waals surface area contributed by atoms with E-state index >= 15 is 0 Å². The van der Waals surface area contributed by atoms with Crippen molar-refractivity contribution >= 4 is 6.09 Å². The normalized spacial score (nSPS) is 17.6. The van der Waals surface area contributed by atoms with E-state index in [-0.39, 0.29) is 11.5 Å². The van der Waals surface area contributed by atoms with Crippen molar-refractivity contribution in [1.82, 2.24) is 4.90 Å². The summed E-state index contributed by atoms with van der Waals surface area (Å²) in [6, 6.07) is 12.5. The molecular formula is C18H24N2O2. The van der Waals surface area contributed by atoms with E-state index in [4.69, 9.17) is 4.74 Å². The van der Waals surface area contributed by atoms with Gasteiger partial charge in [-0.1, -0.05) is 30.3 Å². The van der Waals surface area contributed by atoms with E-state index in [1.54, 1.807) is 4.90 Å². The summed E-state index contributed by atoms with van der Waals surface area (Å²) in [5.41, 5.74) is 0.576. The van der Waals surface area contributed by atoms with E-state index in [1.807, 2.05) is 39.0 Å². The Hall–Kier alpha value is -2.02. The Bertz CT molecular complexity index is 547. The van der Waals surface area contributed by atoms with Crippen molar-refractivity contribution in [1.29, 1.82) is 5.26 Å². The first kappa shape index (κ1) is 16.4.